The number of nitrogens with one attached hydrogen (secondary N) is 1. The Labute approximate surface area is 111 Å². The highest BCUT2D eigenvalue weighted by Gasteiger charge is 2.14. The molecule has 0 amide bonds. The lowest BCUT2D eigenvalue weighted by Crippen LogP contribution is -2.18. The molecule has 0 spiro atoms. The number of hydrogen-bond donors (Lipinski definition) is 2. The number of hydrogen-bond acceptors (Lipinski definition) is 5. The van der Waals surface area contributed by atoms with Gasteiger partial charge in [0.05, 0.1) is 0 Å². The van der Waals surface area contributed by atoms with Crippen LogP contribution in [0.25, 0.3) is 0 Å². The van der Waals surface area contributed by atoms with Crippen LogP contribution in [0.4, 0.5) is 21.7 Å². The van der Waals surface area contributed by atoms with Crippen molar-refractivity contribution < 1.29 is 4.39 Å². The summed E-state index contributed by atoms with van der Waals surface area (Å²) in [5.74, 6) is 6.44. The number of halogens is 1. The Kier molecular flexibility index (Phi) is 3.91. The maximum atomic E-state index is 13.3. The molecule has 0 aliphatic heterocycles. The van der Waals surface area contributed by atoms with Gasteiger partial charge in [-0.25, -0.2) is 20.2 Å². The number of nitrogens with zero attached hydrogens (tertiary/aromatic N) is 3. The first kappa shape index (κ1) is 13.2. The van der Waals surface area contributed by atoms with E-state index < -0.39 is 0 Å². The van der Waals surface area contributed by atoms with E-state index in [4.69, 9.17) is 5.84 Å². The van der Waals surface area contributed by atoms with Gasteiger partial charge in [0.15, 0.2) is 0 Å². The second-order valence-corrected chi connectivity index (χ2v) is 4.06. The van der Waals surface area contributed by atoms with Crippen molar-refractivity contribution in [1.29, 1.82) is 0 Å². The van der Waals surface area contributed by atoms with Gasteiger partial charge in [0, 0.05) is 18.3 Å². The Balaban J connectivity index is 2.46. The van der Waals surface area contributed by atoms with Crippen LogP contribution in [0.15, 0.2) is 30.6 Å². The van der Waals surface area contributed by atoms with E-state index in [1.54, 1.807) is 6.07 Å². The van der Waals surface area contributed by atoms with Gasteiger partial charge in [0.1, 0.15) is 23.8 Å². The molecule has 0 fully saturated rings. The summed E-state index contributed by atoms with van der Waals surface area (Å²) >= 11 is 0. The molecule has 0 aliphatic rings. The van der Waals surface area contributed by atoms with Crippen molar-refractivity contribution in [3.05, 3.63) is 42.0 Å². The van der Waals surface area contributed by atoms with Crippen molar-refractivity contribution in [3.63, 3.8) is 0 Å². The van der Waals surface area contributed by atoms with Crippen molar-refractivity contribution >= 4 is 17.3 Å². The lowest BCUT2D eigenvalue weighted by molar-refractivity contribution is 0.628. The Hall–Kier alpha value is -2.21. The van der Waals surface area contributed by atoms with Crippen LogP contribution in [0.3, 0.4) is 0 Å². The fourth-order valence-corrected chi connectivity index (χ4v) is 1.95. The first-order valence-electron chi connectivity index (χ1n) is 5.97. The number of benzene rings is 1. The molecule has 0 saturated carbocycles. The van der Waals surface area contributed by atoms with Crippen molar-refractivity contribution in [3.8, 4) is 0 Å². The second kappa shape index (κ2) is 5.62. The van der Waals surface area contributed by atoms with E-state index in [0.717, 1.165) is 17.7 Å². The SMILES string of the molecule is CCc1c(NN)ncnc1N(C)c1cccc(F)c1. The molecule has 2 rings (SSSR count). The summed E-state index contributed by atoms with van der Waals surface area (Å²) in [6.07, 6.45) is 2.15. The number of nitrogen functional groups attached to an aromatic ring is 1. The summed E-state index contributed by atoms with van der Waals surface area (Å²) in [6.45, 7) is 1.99. The van der Waals surface area contributed by atoms with Crippen LogP contribution in [0, 0.1) is 5.82 Å². The van der Waals surface area contributed by atoms with Gasteiger partial charge in [0.25, 0.3) is 0 Å². The summed E-state index contributed by atoms with van der Waals surface area (Å²) < 4.78 is 13.3. The molecule has 0 aliphatic carbocycles. The van der Waals surface area contributed by atoms with Gasteiger partial charge >= 0.3 is 0 Å². The predicted octanol–water partition coefficient (Wildman–Crippen LogP) is 2.23. The van der Waals surface area contributed by atoms with E-state index in [-0.39, 0.29) is 5.82 Å². The molecule has 6 heteroatoms. The molecule has 1 aromatic carbocycles. The van der Waals surface area contributed by atoms with Crippen LogP contribution >= 0.6 is 0 Å². The summed E-state index contributed by atoms with van der Waals surface area (Å²) in [5.41, 5.74) is 4.16. The van der Waals surface area contributed by atoms with Gasteiger partial charge in [0.2, 0.25) is 0 Å². The maximum Gasteiger partial charge on any atom is 0.148 e. The summed E-state index contributed by atoms with van der Waals surface area (Å²) in [5, 5.41) is 0. The minimum atomic E-state index is -0.284. The first-order chi connectivity index (χ1) is 9.17. The Morgan fingerprint density at radius 3 is 2.79 bits per heavy atom. The van der Waals surface area contributed by atoms with Crippen LogP contribution in [0.1, 0.15) is 12.5 Å². The van der Waals surface area contributed by atoms with Crippen LogP contribution in [-0.4, -0.2) is 17.0 Å². The monoisotopic (exact) mass is 261 g/mol. The molecule has 1 aromatic heterocycles. The summed E-state index contributed by atoms with van der Waals surface area (Å²) in [7, 11) is 1.83. The second-order valence-electron chi connectivity index (χ2n) is 4.06. The number of hydrazine groups is 1. The third kappa shape index (κ3) is 2.63. The number of aromatic nitrogens is 2. The van der Waals surface area contributed by atoms with Crippen molar-refractivity contribution in [2.45, 2.75) is 13.3 Å². The molecule has 0 saturated heterocycles. The van der Waals surface area contributed by atoms with E-state index in [1.807, 2.05) is 24.9 Å². The number of rotatable bonds is 4. The molecule has 2 aromatic rings. The number of nitrogens with two attached hydrogens (primary N) is 1. The molecule has 0 radical (unpaired) electrons. The molecule has 0 bridgehead atoms. The third-order valence-corrected chi connectivity index (χ3v) is 2.93. The summed E-state index contributed by atoms with van der Waals surface area (Å²) in [6, 6.07) is 6.35. The highest BCUT2D eigenvalue weighted by molar-refractivity contribution is 5.66. The first-order valence-corrected chi connectivity index (χ1v) is 5.97. The molecule has 19 heavy (non-hydrogen) atoms. The average molecular weight is 261 g/mol. The van der Waals surface area contributed by atoms with Gasteiger partial charge in [-0.05, 0) is 24.6 Å². The molecule has 0 atom stereocenters. The number of anilines is 3. The van der Waals surface area contributed by atoms with E-state index in [1.165, 1.54) is 18.5 Å². The van der Waals surface area contributed by atoms with Crippen LogP contribution in [-0.2, 0) is 6.42 Å². The minimum Gasteiger partial charge on any atom is -0.329 e. The lowest BCUT2D eigenvalue weighted by atomic mass is 10.2. The van der Waals surface area contributed by atoms with Gasteiger partial charge in [-0.3, -0.25) is 0 Å². The topological polar surface area (TPSA) is 67.1 Å². The predicted molar refractivity (Wildman–Crippen MR) is 73.7 cm³/mol. The van der Waals surface area contributed by atoms with Crippen LogP contribution in [0.2, 0.25) is 0 Å². The Morgan fingerprint density at radius 1 is 1.37 bits per heavy atom. The van der Waals surface area contributed by atoms with E-state index in [2.05, 4.69) is 15.4 Å². The van der Waals surface area contributed by atoms with E-state index in [0.29, 0.717) is 11.6 Å². The van der Waals surface area contributed by atoms with Crippen LogP contribution < -0.4 is 16.2 Å². The van der Waals surface area contributed by atoms with E-state index >= 15 is 0 Å². The molecule has 1 heterocycles. The zero-order chi connectivity index (χ0) is 13.8. The molecule has 5 nitrogen and oxygen atoms in total. The fraction of sp³-hybridized carbons (Fsp3) is 0.231. The van der Waals surface area contributed by atoms with E-state index in [9.17, 15) is 4.39 Å². The molecule has 100 valence electrons. The van der Waals surface area contributed by atoms with Crippen molar-refractivity contribution in [2.75, 3.05) is 17.4 Å². The average Bonchev–Trinajstić information content (AvgIpc) is 2.45. The minimum absolute atomic E-state index is 0.284. The quantitative estimate of drug-likeness (QED) is 0.652. The van der Waals surface area contributed by atoms with Crippen molar-refractivity contribution in [1.82, 2.24) is 9.97 Å². The maximum absolute atomic E-state index is 13.3. The molecule has 3 N–H and O–H groups in total. The molecule has 0 unspecified atom stereocenters. The zero-order valence-corrected chi connectivity index (χ0v) is 10.9. The van der Waals surface area contributed by atoms with Gasteiger partial charge < -0.3 is 10.3 Å². The van der Waals surface area contributed by atoms with Crippen molar-refractivity contribution in [2.24, 2.45) is 5.84 Å². The highest BCUT2D eigenvalue weighted by atomic mass is 19.1. The highest BCUT2D eigenvalue weighted by Crippen LogP contribution is 2.28. The lowest BCUT2D eigenvalue weighted by Gasteiger charge is -2.22. The van der Waals surface area contributed by atoms with Gasteiger partial charge in [-0.2, -0.15) is 0 Å². The zero-order valence-electron chi connectivity index (χ0n) is 10.9. The Bertz CT molecular complexity index is 573. The standard InChI is InChI=1S/C13H16FN5/c1-3-11-12(18-15)16-8-17-13(11)19(2)10-6-4-5-9(14)7-10/h4-8H,3,15H2,1-2H3,(H,16,17,18). The largest absolute Gasteiger partial charge is 0.329 e. The summed E-state index contributed by atoms with van der Waals surface area (Å²) in [4.78, 5) is 10.1. The normalized spacial score (nSPS) is 10.3. The fourth-order valence-electron chi connectivity index (χ4n) is 1.95. The van der Waals surface area contributed by atoms with Gasteiger partial charge in [-0.1, -0.05) is 13.0 Å². The van der Waals surface area contributed by atoms with Crippen LogP contribution in [0.5, 0.6) is 0 Å². The Morgan fingerprint density at radius 2 is 2.16 bits per heavy atom. The van der Waals surface area contributed by atoms with Gasteiger partial charge in [-0.15, -0.1) is 0 Å². The molecular weight excluding hydrogens is 245 g/mol. The molecular formula is C13H16FN5. The third-order valence-electron chi connectivity index (χ3n) is 2.93. The smallest absolute Gasteiger partial charge is 0.148 e.